The number of para-hydroxylation sites is 1. The molecule has 6 nitrogen and oxygen atoms in total. The van der Waals surface area contributed by atoms with E-state index in [0.29, 0.717) is 5.69 Å². The Balaban J connectivity index is 2.19. The second kappa shape index (κ2) is 6.17. The van der Waals surface area contributed by atoms with Gasteiger partial charge in [0.15, 0.2) is 0 Å². The minimum atomic E-state index is -0.772. The molecule has 0 unspecified atom stereocenters. The van der Waals surface area contributed by atoms with E-state index in [0.717, 1.165) is 11.1 Å². The minimum absolute atomic E-state index is 0.106. The van der Waals surface area contributed by atoms with E-state index in [-0.39, 0.29) is 11.3 Å². The maximum absolute atomic E-state index is 12.1. The summed E-state index contributed by atoms with van der Waals surface area (Å²) in [4.78, 5) is 34.1. The van der Waals surface area contributed by atoms with Gasteiger partial charge in [-0.15, -0.1) is 0 Å². The highest BCUT2D eigenvalue weighted by Crippen LogP contribution is 2.20. The zero-order chi connectivity index (χ0) is 16.3. The van der Waals surface area contributed by atoms with E-state index in [1.807, 2.05) is 32.0 Å². The number of anilines is 1. The molecule has 0 aliphatic heterocycles. The van der Waals surface area contributed by atoms with Crippen molar-refractivity contribution in [2.45, 2.75) is 13.8 Å². The van der Waals surface area contributed by atoms with Crippen molar-refractivity contribution in [2.75, 3.05) is 5.32 Å². The van der Waals surface area contributed by atoms with Crippen LogP contribution in [-0.2, 0) is 4.79 Å². The van der Waals surface area contributed by atoms with E-state index < -0.39 is 16.6 Å². The number of aryl methyl sites for hydroxylation is 2. The predicted octanol–water partition coefficient (Wildman–Crippen LogP) is 3.03. The first-order chi connectivity index (χ1) is 10.4. The largest absolute Gasteiger partial charge is 0.319 e. The summed E-state index contributed by atoms with van der Waals surface area (Å²) in [6.45, 7) is 3.66. The first-order valence-electron chi connectivity index (χ1n) is 6.56. The maximum atomic E-state index is 12.1. The highest BCUT2D eigenvalue weighted by Gasteiger charge is 2.18. The van der Waals surface area contributed by atoms with Crippen LogP contribution in [0, 0.1) is 24.0 Å². The van der Waals surface area contributed by atoms with Gasteiger partial charge in [0.1, 0.15) is 0 Å². The molecule has 2 rings (SSSR count). The number of ketones is 1. The third-order valence-electron chi connectivity index (χ3n) is 3.27. The second-order valence-electron chi connectivity index (χ2n) is 4.85. The van der Waals surface area contributed by atoms with Gasteiger partial charge in [-0.3, -0.25) is 19.7 Å². The molecule has 0 heterocycles. The SMILES string of the molecule is Cc1cccc(C)c1NC(=O)C(=O)c1ccc([N+](=O)[O-])cc1. The van der Waals surface area contributed by atoms with Crippen LogP contribution in [0.2, 0.25) is 0 Å². The van der Waals surface area contributed by atoms with Crippen LogP contribution in [-0.4, -0.2) is 16.6 Å². The van der Waals surface area contributed by atoms with Crippen LogP contribution in [0.3, 0.4) is 0 Å². The molecule has 112 valence electrons. The lowest BCUT2D eigenvalue weighted by molar-refractivity contribution is -0.384. The molecular formula is C16H14N2O4. The van der Waals surface area contributed by atoms with E-state index in [2.05, 4.69) is 5.32 Å². The number of carbonyl (C=O) groups excluding carboxylic acids is 2. The summed E-state index contributed by atoms with van der Waals surface area (Å²) in [6, 6.07) is 10.4. The third kappa shape index (κ3) is 3.17. The van der Waals surface area contributed by atoms with Crippen molar-refractivity contribution in [1.82, 2.24) is 0 Å². The van der Waals surface area contributed by atoms with Gasteiger partial charge in [0, 0.05) is 23.4 Å². The van der Waals surface area contributed by atoms with E-state index in [4.69, 9.17) is 0 Å². The van der Waals surface area contributed by atoms with Gasteiger partial charge in [0.05, 0.1) is 4.92 Å². The third-order valence-corrected chi connectivity index (χ3v) is 3.27. The standard InChI is InChI=1S/C16H14N2O4/c1-10-4-3-5-11(2)14(10)17-16(20)15(19)12-6-8-13(9-7-12)18(21)22/h3-9H,1-2H3,(H,17,20). The van der Waals surface area contributed by atoms with Gasteiger partial charge in [-0.1, -0.05) is 18.2 Å². The van der Waals surface area contributed by atoms with E-state index in [1.54, 1.807) is 0 Å². The van der Waals surface area contributed by atoms with Crippen LogP contribution in [0.5, 0.6) is 0 Å². The summed E-state index contributed by atoms with van der Waals surface area (Å²) in [5, 5.41) is 13.2. The normalized spacial score (nSPS) is 10.1. The molecule has 0 saturated heterocycles. The number of nitrogens with zero attached hydrogens (tertiary/aromatic N) is 1. The molecular weight excluding hydrogens is 284 g/mol. The van der Waals surface area contributed by atoms with Crippen molar-refractivity contribution in [3.8, 4) is 0 Å². The summed E-state index contributed by atoms with van der Waals surface area (Å²) in [6.07, 6.45) is 0. The molecule has 1 amide bonds. The molecule has 0 radical (unpaired) electrons. The maximum Gasteiger partial charge on any atom is 0.296 e. The Morgan fingerprint density at radius 3 is 2.05 bits per heavy atom. The van der Waals surface area contributed by atoms with Crippen LogP contribution < -0.4 is 5.32 Å². The fraction of sp³-hybridized carbons (Fsp3) is 0.125. The number of amides is 1. The minimum Gasteiger partial charge on any atom is -0.319 e. The fourth-order valence-corrected chi connectivity index (χ4v) is 2.05. The van der Waals surface area contributed by atoms with E-state index in [9.17, 15) is 19.7 Å². The zero-order valence-electron chi connectivity index (χ0n) is 12.1. The Labute approximate surface area is 126 Å². The summed E-state index contributed by atoms with van der Waals surface area (Å²) in [5.41, 5.74) is 2.28. The molecule has 2 aromatic rings. The summed E-state index contributed by atoms with van der Waals surface area (Å²) < 4.78 is 0. The molecule has 0 aliphatic carbocycles. The first-order valence-corrected chi connectivity index (χ1v) is 6.56. The molecule has 2 aromatic carbocycles. The molecule has 1 N–H and O–H groups in total. The van der Waals surface area contributed by atoms with Crippen molar-refractivity contribution in [1.29, 1.82) is 0 Å². The van der Waals surface area contributed by atoms with Crippen molar-refractivity contribution in [2.24, 2.45) is 0 Å². The summed E-state index contributed by atoms with van der Waals surface area (Å²) in [7, 11) is 0. The number of rotatable bonds is 4. The van der Waals surface area contributed by atoms with Crippen LogP contribution in [0.15, 0.2) is 42.5 Å². The number of carbonyl (C=O) groups is 2. The highest BCUT2D eigenvalue weighted by atomic mass is 16.6. The number of nitro benzene ring substituents is 1. The van der Waals surface area contributed by atoms with Gasteiger partial charge < -0.3 is 5.32 Å². The molecule has 0 aliphatic rings. The van der Waals surface area contributed by atoms with Crippen molar-refractivity contribution in [3.63, 3.8) is 0 Å². The number of Topliss-reactive ketones (excluding diaryl/α,β-unsaturated/α-hetero) is 1. The van der Waals surface area contributed by atoms with Gasteiger partial charge in [-0.25, -0.2) is 0 Å². The van der Waals surface area contributed by atoms with Crippen LogP contribution >= 0.6 is 0 Å². The van der Waals surface area contributed by atoms with Crippen molar-refractivity contribution in [3.05, 3.63) is 69.3 Å². The number of non-ortho nitro benzene ring substituents is 1. The van der Waals surface area contributed by atoms with E-state index >= 15 is 0 Å². The quantitative estimate of drug-likeness (QED) is 0.406. The van der Waals surface area contributed by atoms with Gasteiger partial charge in [0.2, 0.25) is 0 Å². The number of benzene rings is 2. The fourth-order valence-electron chi connectivity index (χ4n) is 2.05. The molecule has 0 atom stereocenters. The molecule has 22 heavy (non-hydrogen) atoms. The summed E-state index contributed by atoms with van der Waals surface area (Å²) in [5.74, 6) is -1.51. The zero-order valence-corrected chi connectivity index (χ0v) is 12.1. The first kappa shape index (κ1) is 15.4. The highest BCUT2D eigenvalue weighted by molar-refractivity contribution is 6.46. The second-order valence-corrected chi connectivity index (χ2v) is 4.85. The smallest absolute Gasteiger partial charge is 0.296 e. The van der Waals surface area contributed by atoms with Crippen LogP contribution in [0.1, 0.15) is 21.5 Å². The van der Waals surface area contributed by atoms with E-state index in [1.165, 1.54) is 24.3 Å². The van der Waals surface area contributed by atoms with Gasteiger partial charge in [0.25, 0.3) is 17.4 Å². The van der Waals surface area contributed by atoms with Gasteiger partial charge in [-0.05, 0) is 37.1 Å². The molecule has 6 heteroatoms. The molecule has 0 aromatic heterocycles. The van der Waals surface area contributed by atoms with Crippen LogP contribution in [0.25, 0.3) is 0 Å². The van der Waals surface area contributed by atoms with Gasteiger partial charge >= 0.3 is 0 Å². The number of hydrogen-bond donors (Lipinski definition) is 1. The number of hydrogen-bond acceptors (Lipinski definition) is 4. The topological polar surface area (TPSA) is 89.3 Å². The lowest BCUT2D eigenvalue weighted by atomic mass is 10.1. The Morgan fingerprint density at radius 1 is 1.00 bits per heavy atom. The lowest BCUT2D eigenvalue weighted by Gasteiger charge is -2.10. The average Bonchev–Trinajstić information content (AvgIpc) is 2.50. The number of nitrogens with one attached hydrogen (secondary N) is 1. The monoisotopic (exact) mass is 298 g/mol. The van der Waals surface area contributed by atoms with Crippen molar-refractivity contribution < 1.29 is 14.5 Å². The summed E-state index contributed by atoms with van der Waals surface area (Å²) >= 11 is 0. The Hall–Kier alpha value is -3.02. The lowest BCUT2D eigenvalue weighted by Crippen LogP contribution is -2.23. The Bertz CT molecular complexity index is 731. The predicted molar refractivity (Wildman–Crippen MR) is 82.0 cm³/mol. The van der Waals surface area contributed by atoms with Gasteiger partial charge in [-0.2, -0.15) is 0 Å². The Kier molecular flexibility index (Phi) is 4.31. The molecule has 0 fully saturated rings. The average molecular weight is 298 g/mol. The molecule has 0 spiro atoms. The van der Waals surface area contributed by atoms with Crippen LogP contribution in [0.4, 0.5) is 11.4 Å². The molecule has 0 bridgehead atoms. The number of nitro groups is 1. The molecule has 0 saturated carbocycles. The Morgan fingerprint density at radius 2 is 1.55 bits per heavy atom. The van der Waals surface area contributed by atoms with Crippen molar-refractivity contribution >= 4 is 23.1 Å².